The van der Waals surface area contributed by atoms with Crippen LogP contribution in [0.1, 0.15) is 45.0 Å². The fraction of sp³-hybridized carbons (Fsp3) is 0.250. The molecule has 0 aromatic heterocycles. The smallest absolute Gasteiger partial charge is 0.335 e. The third-order valence-corrected chi connectivity index (χ3v) is 4.91. The molecular formula is C20H20FN3O4. The van der Waals surface area contributed by atoms with Crippen molar-refractivity contribution in [3.05, 3.63) is 65.0 Å². The Morgan fingerprint density at radius 1 is 1.11 bits per heavy atom. The molecule has 1 saturated heterocycles. The summed E-state index contributed by atoms with van der Waals surface area (Å²) in [6.07, 6.45) is 1.22. The summed E-state index contributed by atoms with van der Waals surface area (Å²) in [5.41, 5.74) is 6.14. The molecule has 3 rings (SSSR count). The van der Waals surface area contributed by atoms with Crippen LogP contribution in [-0.2, 0) is 0 Å². The number of rotatable bonds is 4. The van der Waals surface area contributed by atoms with E-state index >= 15 is 0 Å². The number of nitrogens with two attached hydrogens (primary N) is 1. The van der Waals surface area contributed by atoms with Gasteiger partial charge in [-0.3, -0.25) is 4.79 Å². The van der Waals surface area contributed by atoms with Crippen LogP contribution in [0.2, 0.25) is 0 Å². The Balaban J connectivity index is 1.63. The van der Waals surface area contributed by atoms with Gasteiger partial charge in [0, 0.05) is 18.7 Å². The largest absolute Gasteiger partial charge is 0.478 e. The van der Waals surface area contributed by atoms with E-state index in [1.54, 1.807) is 29.2 Å². The van der Waals surface area contributed by atoms with Crippen molar-refractivity contribution in [1.82, 2.24) is 4.90 Å². The second-order valence-corrected chi connectivity index (χ2v) is 6.64. The topological polar surface area (TPSA) is 113 Å². The zero-order valence-corrected chi connectivity index (χ0v) is 15.0. The molecule has 8 heteroatoms. The number of primary amides is 1. The highest BCUT2D eigenvalue weighted by Gasteiger charge is 2.26. The van der Waals surface area contributed by atoms with Gasteiger partial charge in [-0.1, -0.05) is 18.2 Å². The Bertz CT molecular complexity index is 923. The Labute approximate surface area is 160 Å². The normalized spacial score (nSPS) is 14.5. The zero-order chi connectivity index (χ0) is 20.3. The lowest BCUT2D eigenvalue weighted by Crippen LogP contribution is -2.40. The molecule has 28 heavy (non-hydrogen) atoms. The van der Waals surface area contributed by atoms with Crippen molar-refractivity contribution < 1.29 is 23.9 Å². The second kappa shape index (κ2) is 8.08. The molecule has 1 heterocycles. The van der Waals surface area contributed by atoms with E-state index in [1.807, 2.05) is 0 Å². The molecule has 4 N–H and O–H groups in total. The number of nitrogens with one attached hydrogen (secondary N) is 1. The SMILES string of the molecule is NC(=O)c1ccc(NC(=O)N2CCC(c3ccccc3C(=O)O)CC2)c(F)c1. The molecule has 1 fully saturated rings. The number of piperidine rings is 1. The van der Waals surface area contributed by atoms with Gasteiger partial charge < -0.3 is 21.1 Å². The van der Waals surface area contributed by atoms with Gasteiger partial charge in [-0.25, -0.2) is 14.0 Å². The van der Waals surface area contributed by atoms with Crippen molar-refractivity contribution in [2.24, 2.45) is 5.73 Å². The number of hydrogen-bond acceptors (Lipinski definition) is 3. The molecular weight excluding hydrogens is 365 g/mol. The number of anilines is 1. The Kier molecular flexibility index (Phi) is 5.58. The highest BCUT2D eigenvalue weighted by atomic mass is 19.1. The lowest BCUT2D eigenvalue weighted by atomic mass is 9.86. The number of urea groups is 1. The molecule has 0 aliphatic carbocycles. The number of amides is 3. The quantitative estimate of drug-likeness (QED) is 0.751. The minimum atomic E-state index is -0.967. The fourth-order valence-corrected chi connectivity index (χ4v) is 3.41. The van der Waals surface area contributed by atoms with Gasteiger partial charge in [0.05, 0.1) is 11.3 Å². The molecule has 2 aromatic rings. The van der Waals surface area contributed by atoms with Crippen LogP contribution < -0.4 is 11.1 Å². The molecule has 0 radical (unpaired) electrons. The van der Waals surface area contributed by atoms with Crippen LogP contribution >= 0.6 is 0 Å². The maximum atomic E-state index is 14.0. The molecule has 7 nitrogen and oxygen atoms in total. The van der Waals surface area contributed by atoms with Gasteiger partial charge in [0.1, 0.15) is 5.82 Å². The average molecular weight is 385 g/mol. The van der Waals surface area contributed by atoms with Gasteiger partial charge >= 0.3 is 12.0 Å². The summed E-state index contributed by atoms with van der Waals surface area (Å²) in [6.45, 7) is 0.844. The van der Waals surface area contributed by atoms with Gasteiger partial charge in [0.2, 0.25) is 5.91 Å². The van der Waals surface area contributed by atoms with E-state index < -0.39 is 23.7 Å². The third-order valence-electron chi connectivity index (χ3n) is 4.91. The molecule has 3 amide bonds. The van der Waals surface area contributed by atoms with Crippen LogP contribution in [-0.4, -0.2) is 41.0 Å². The van der Waals surface area contributed by atoms with Crippen LogP contribution in [0.5, 0.6) is 0 Å². The van der Waals surface area contributed by atoms with E-state index in [9.17, 15) is 23.9 Å². The highest BCUT2D eigenvalue weighted by Crippen LogP contribution is 2.30. The first kappa shape index (κ1) is 19.3. The third kappa shape index (κ3) is 4.11. The van der Waals surface area contributed by atoms with Gasteiger partial charge in [-0.05, 0) is 48.6 Å². The van der Waals surface area contributed by atoms with E-state index in [2.05, 4.69) is 5.32 Å². The number of carboxylic acids is 1. The Morgan fingerprint density at radius 3 is 2.39 bits per heavy atom. The summed E-state index contributed by atoms with van der Waals surface area (Å²) >= 11 is 0. The van der Waals surface area contributed by atoms with Gasteiger partial charge in [0.15, 0.2) is 0 Å². The van der Waals surface area contributed by atoms with E-state index in [0.29, 0.717) is 25.9 Å². The standard InChI is InChI=1S/C20H20FN3O4/c21-16-11-13(18(22)25)5-6-17(16)23-20(28)24-9-7-12(8-10-24)14-3-1-2-4-15(14)19(26)27/h1-6,11-12H,7-10H2,(H2,22,25)(H,23,28)(H,26,27). The van der Waals surface area contributed by atoms with E-state index in [1.165, 1.54) is 12.1 Å². The molecule has 0 atom stereocenters. The van der Waals surface area contributed by atoms with Crippen LogP contribution in [0.3, 0.4) is 0 Å². The maximum absolute atomic E-state index is 14.0. The number of benzene rings is 2. The number of hydrogen-bond donors (Lipinski definition) is 3. The predicted molar refractivity (Wildman–Crippen MR) is 101 cm³/mol. The number of carbonyl (C=O) groups excluding carboxylic acids is 2. The monoisotopic (exact) mass is 385 g/mol. The number of halogens is 1. The number of nitrogens with zero attached hydrogens (tertiary/aromatic N) is 1. The maximum Gasteiger partial charge on any atom is 0.335 e. The Morgan fingerprint density at radius 2 is 1.79 bits per heavy atom. The Hall–Kier alpha value is -3.42. The lowest BCUT2D eigenvalue weighted by Gasteiger charge is -2.32. The predicted octanol–water partition coefficient (Wildman–Crippen LogP) is 3.03. The van der Waals surface area contributed by atoms with Crippen molar-refractivity contribution in [3.8, 4) is 0 Å². The molecule has 0 saturated carbocycles. The van der Waals surface area contributed by atoms with Crippen LogP contribution in [0.25, 0.3) is 0 Å². The first-order valence-electron chi connectivity index (χ1n) is 8.84. The second-order valence-electron chi connectivity index (χ2n) is 6.64. The van der Waals surface area contributed by atoms with Crippen molar-refractivity contribution in [2.45, 2.75) is 18.8 Å². The van der Waals surface area contributed by atoms with Crippen LogP contribution in [0, 0.1) is 5.82 Å². The van der Waals surface area contributed by atoms with E-state index in [0.717, 1.165) is 11.6 Å². The lowest BCUT2D eigenvalue weighted by molar-refractivity contribution is 0.0694. The molecule has 1 aliphatic rings. The number of aromatic carboxylic acids is 1. The van der Waals surface area contributed by atoms with Crippen molar-refractivity contribution >= 4 is 23.6 Å². The molecule has 1 aliphatic heterocycles. The zero-order valence-electron chi connectivity index (χ0n) is 15.0. The van der Waals surface area contributed by atoms with E-state index in [4.69, 9.17) is 5.73 Å². The molecule has 146 valence electrons. The van der Waals surface area contributed by atoms with E-state index in [-0.39, 0.29) is 22.7 Å². The van der Waals surface area contributed by atoms with Gasteiger partial charge in [0.25, 0.3) is 0 Å². The summed E-state index contributed by atoms with van der Waals surface area (Å²) in [4.78, 5) is 36.4. The van der Waals surface area contributed by atoms with Crippen LogP contribution in [0.15, 0.2) is 42.5 Å². The number of carbonyl (C=O) groups is 3. The molecule has 2 aromatic carbocycles. The molecule has 0 spiro atoms. The van der Waals surface area contributed by atoms with Crippen molar-refractivity contribution in [2.75, 3.05) is 18.4 Å². The number of carboxylic acid groups (broad SMARTS) is 1. The van der Waals surface area contributed by atoms with Crippen molar-refractivity contribution in [1.29, 1.82) is 0 Å². The summed E-state index contributed by atoms with van der Waals surface area (Å²) in [5, 5.41) is 11.8. The summed E-state index contributed by atoms with van der Waals surface area (Å²) in [6, 6.07) is 10.0. The van der Waals surface area contributed by atoms with Crippen LogP contribution in [0.4, 0.5) is 14.9 Å². The van der Waals surface area contributed by atoms with Gasteiger partial charge in [-0.15, -0.1) is 0 Å². The summed E-state index contributed by atoms with van der Waals surface area (Å²) in [7, 11) is 0. The minimum absolute atomic E-state index is 0.0217. The first-order chi connectivity index (χ1) is 13.4. The fourth-order valence-electron chi connectivity index (χ4n) is 3.41. The summed E-state index contributed by atoms with van der Waals surface area (Å²) < 4.78 is 14.0. The average Bonchev–Trinajstić information content (AvgIpc) is 2.69. The number of likely N-dealkylation sites (tertiary alicyclic amines) is 1. The molecule has 0 bridgehead atoms. The molecule has 0 unspecified atom stereocenters. The first-order valence-corrected chi connectivity index (χ1v) is 8.84. The summed E-state index contributed by atoms with van der Waals surface area (Å²) in [5.74, 6) is -2.41. The minimum Gasteiger partial charge on any atom is -0.478 e. The van der Waals surface area contributed by atoms with Crippen molar-refractivity contribution in [3.63, 3.8) is 0 Å². The highest BCUT2D eigenvalue weighted by molar-refractivity contribution is 5.94. The van der Waals surface area contributed by atoms with Gasteiger partial charge in [-0.2, -0.15) is 0 Å².